The van der Waals surface area contributed by atoms with Gasteiger partial charge in [0.05, 0.1) is 18.2 Å². The van der Waals surface area contributed by atoms with E-state index in [0.717, 1.165) is 37.1 Å². The van der Waals surface area contributed by atoms with E-state index < -0.39 is 12.0 Å². The third-order valence-electron chi connectivity index (χ3n) is 10.7. The van der Waals surface area contributed by atoms with Gasteiger partial charge in [-0.3, -0.25) is 14.7 Å². The fraction of sp³-hybridized carbons (Fsp3) is 0.487. The number of hydrogen-bond donors (Lipinski definition) is 0. The van der Waals surface area contributed by atoms with Gasteiger partial charge in [-0.1, -0.05) is 23.7 Å². The molecular formula is C39H45ClF2N8O2. The maximum atomic E-state index is 16.1. The van der Waals surface area contributed by atoms with Crippen LogP contribution in [0.3, 0.4) is 0 Å². The Morgan fingerprint density at radius 2 is 1.94 bits per heavy atom. The van der Waals surface area contributed by atoms with Crippen molar-refractivity contribution in [2.75, 3.05) is 51.8 Å². The molecule has 13 heteroatoms. The lowest BCUT2D eigenvalue weighted by Crippen LogP contribution is -2.53. The molecule has 3 aromatic heterocycles. The Morgan fingerprint density at radius 3 is 2.65 bits per heavy atom. The average Bonchev–Trinajstić information content (AvgIpc) is 3.80. The third kappa shape index (κ3) is 7.45. The third-order valence-corrected chi connectivity index (χ3v) is 11.0. The molecule has 4 fully saturated rings. The van der Waals surface area contributed by atoms with Crippen LogP contribution in [0.4, 0.5) is 14.6 Å². The number of hydrogen-bond acceptors (Lipinski definition) is 9. The molecule has 1 amide bonds. The maximum absolute atomic E-state index is 16.1. The fourth-order valence-corrected chi connectivity index (χ4v) is 8.29. The highest BCUT2D eigenvalue weighted by Crippen LogP contribution is 2.48. The van der Waals surface area contributed by atoms with Crippen LogP contribution >= 0.6 is 11.6 Å². The molecule has 10 nitrogen and oxygen atoms in total. The quantitative estimate of drug-likeness (QED) is 0.178. The van der Waals surface area contributed by atoms with Gasteiger partial charge in [-0.25, -0.2) is 18.7 Å². The molecule has 3 saturated heterocycles. The number of methoxy groups -OCH3 is 1. The number of fused-ring (bicyclic) bond motifs is 2. The number of nitrogens with zero attached hydrogens (tertiary/aromatic N) is 8. The van der Waals surface area contributed by atoms with E-state index in [1.165, 1.54) is 20.0 Å². The van der Waals surface area contributed by atoms with E-state index in [1.54, 1.807) is 23.2 Å². The van der Waals surface area contributed by atoms with Gasteiger partial charge in [-0.15, -0.1) is 0 Å². The number of pyridine rings is 1. The van der Waals surface area contributed by atoms with Crippen LogP contribution in [-0.2, 0) is 4.79 Å². The van der Waals surface area contributed by atoms with Gasteiger partial charge in [-0.2, -0.15) is 9.97 Å². The number of rotatable bonds is 8. The molecule has 0 spiro atoms. The summed E-state index contributed by atoms with van der Waals surface area (Å²) in [6.07, 6.45) is 9.63. The first-order valence-electron chi connectivity index (χ1n) is 18.0. The lowest BCUT2D eigenvalue weighted by Gasteiger charge is -2.40. The number of carbonyl (C=O) groups excluding carboxylic acids is 1. The molecule has 52 heavy (non-hydrogen) atoms. The van der Waals surface area contributed by atoms with Gasteiger partial charge in [0.2, 0.25) is 5.91 Å². The first-order valence-corrected chi connectivity index (χ1v) is 18.4. The number of carbonyl (C=O) groups is 1. The second-order valence-corrected chi connectivity index (χ2v) is 15.3. The molecule has 8 rings (SSSR count). The summed E-state index contributed by atoms with van der Waals surface area (Å²) in [7, 11) is 3.35. The number of benzene rings is 1. The van der Waals surface area contributed by atoms with Gasteiger partial charge in [0.1, 0.15) is 29.0 Å². The molecule has 1 aliphatic carbocycles. The highest BCUT2D eigenvalue weighted by Gasteiger charge is 2.44. The average molecular weight is 731 g/mol. The lowest BCUT2D eigenvalue weighted by molar-refractivity contribution is -0.131. The minimum Gasteiger partial charge on any atom is -0.467 e. The molecule has 3 aliphatic heterocycles. The van der Waals surface area contributed by atoms with Crippen LogP contribution in [0, 0.1) is 25.6 Å². The molecule has 2 atom stereocenters. The fourth-order valence-electron chi connectivity index (χ4n) is 7.96. The molecule has 0 bridgehead atoms. The topological polar surface area (TPSA) is 100 Å². The van der Waals surface area contributed by atoms with Gasteiger partial charge in [0, 0.05) is 73.2 Å². The Balaban J connectivity index is 0.000000360. The van der Waals surface area contributed by atoms with Crippen LogP contribution in [-0.4, -0.2) is 99.2 Å². The summed E-state index contributed by atoms with van der Waals surface area (Å²) in [5, 5.41) is 1.11. The van der Waals surface area contributed by atoms with Crippen LogP contribution in [0.5, 0.6) is 6.01 Å². The molecular weight excluding hydrogens is 686 g/mol. The number of amides is 1. The van der Waals surface area contributed by atoms with Crippen molar-refractivity contribution in [3.05, 3.63) is 70.2 Å². The Kier molecular flexibility index (Phi) is 10.1. The zero-order valence-electron chi connectivity index (χ0n) is 30.4. The Bertz CT molecular complexity index is 2000. The molecule has 1 aromatic carbocycles. The highest BCUT2D eigenvalue weighted by atomic mass is 35.5. The van der Waals surface area contributed by atoms with Crippen molar-refractivity contribution in [3.63, 3.8) is 0 Å². The van der Waals surface area contributed by atoms with E-state index in [-0.39, 0.29) is 34.6 Å². The first-order chi connectivity index (χ1) is 24.9. The summed E-state index contributed by atoms with van der Waals surface area (Å²) >= 11 is 6.52. The van der Waals surface area contributed by atoms with E-state index >= 15 is 4.39 Å². The van der Waals surface area contributed by atoms with Gasteiger partial charge < -0.3 is 14.5 Å². The number of ether oxygens (including phenoxy) is 1. The molecule has 2 unspecified atom stereocenters. The van der Waals surface area contributed by atoms with Gasteiger partial charge in [0.15, 0.2) is 5.82 Å². The van der Waals surface area contributed by atoms with Crippen molar-refractivity contribution in [3.8, 4) is 17.3 Å². The molecule has 0 radical (unpaired) electrons. The second kappa shape index (κ2) is 14.6. The van der Waals surface area contributed by atoms with E-state index in [1.807, 2.05) is 50.1 Å². The van der Waals surface area contributed by atoms with Crippen molar-refractivity contribution < 1.29 is 18.3 Å². The largest absolute Gasteiger partial charge is 0.467 e. The van der Waals surface area contributed by atoms with Crippen LogP contribution in [0.15, 0.2) is 36.5 Å². The smallest absolute Gasteiger partial charge is 0.318 e. The Morgan fingerprint density at radius 1 is 1.15 bits per heavy atom. The van der Waals surface area contributed by atoms with E-state index in [0.29, 0.717) is 65.4 Å². The second-order valence-electron chi connectivity index (χ2n) is 14.8. The monoisotopic (exact) mass is 730 g/mol. The predicted molar refractivity (Wildman–Crippen MR) is 199 cm³/mol. The van der Waals surface area contributed by atoms with Crippen molar-refractivity contribution in [1.29, 1.82) is 0 Å². The van der Waals surface area contributed by atoms with Gasteiger partial charge in [0.25, 0.3) is 0 Å². The minimum absolute atomic E-state index is 0.0673. The van der Waals surface area contributed by atoms with Crippen molar-refractivity contribution in [1.82, 2.24) is 34.7 Å². The van der Waals surface area contributed by atoms with Crippen molar-refractivity contribution in [2.24, 2.45) is 5.92 Å². The van der Waals surface area contributed by atoms with Crippen LogP contribution < -0.4 is 9.64 Å². The summed E-state index contributed by atoms with van der Waals surface area (Å²) in [5.74, 6) is 1.12. The molecule has 4 aromatic rings. The summed E-state index contributed by atoms with van der Waals surface area (Å²) in [4.78, 5) is 40.8. The lowest BCUT2D eigenvalue weighted by atomic mass is 9.97. The number of aryl methyl sites for hydroxylation is 2. The number of anilines is 1. The van der Waals surface area contributed by atoms with Crippen LogP contribution in [0.25, 0.3) is 28.2 Å². The first kappa shape index (κ1) is 36.1. The van der Waals surface area contributed by atoms with Crippen LogP contribution in [0.2, 0.25) is 5.02 Å². The zero-order chi connectivity index (χ0) is 36.7. The van der Waals surface area contributed by atoms with Gasteiger partial charge in [-0.05, 0) is 89.1 Å². The molecule has 0 N–H and O–H groups in total. The SMILES string of the molecule is CC12CCCN1CC(F)C2.COc1nc(N(C)CC2CN(C(=O)/C=C/c3cc(C)nc(C)n3)C2)c2cnc(-c3cccc(Cl)c3C3CC3)c(F)c2n1. The highest BCUT2D eigenvalue weighted by molar-refractivity contribution is 6.32. The number of halogens is 3. The number of likely N-dealkylation sites (tertiary alicyclic amines) is 1. The molecule has 1 saturated carbocycles. The summed E-state index contributed by atoms with van der Waals surface area (Å²) in [5.41, 5.74) is 3.78. The van der Waals surface area contributed by atoms with E-state index in [2.05, 4.69) is 36.7 Å². The van der Waals surface area contributed by atoms with Gasteiger partial charge >= 0.3 is 6.01 Å². The summed E-state index contributed by atoms with van der Waals surface area (Å²) < 4.78 is 34.3. The number of alkyl halides is 1. The Labute approximate surface area is 308 Å². The standard InChI is InChI=1S/C31H31ClFN7O2.C8H14FN/c1-17-12-21(36-18(2)35-17)10-11-25(41)40-15-19(16-40)14-39(3)30-23-13-34-28(27(33)29(23)37-31(38-30)42-4)22-6-5-7-24(32)26(22)20-8-9-20;1-8-3-2-4-10(8)6-7(9)5-8/h5-7,10-13,19-20H,8-9,14-16H2,1-4H3;7H,2-6H2,1H3/b11-10+;. The molecule has 274 valence electrons. The maximum Gasteiger partial charge on any atom is 0.318 e. The minimum atomic E-state index is -0.551. The number of aromatic nitrogens is 5. The predicted octanol–water partition coefficient (Wildman–Crippen LogP) is 6.97. The normalized spacial score (nSPS) is 21.6. The van der Waals surface area contributed by atoms with Crippen molar-refractivity contribution in [2.45, 2.75) is 70.5 Å². The van der Waals surface area contributed by atoms with E-state index in [4.69, 9.17) is 16.3 Å². The molecule has 6 heterocycles. The Hall–Kier alpha value is -4.29. The summed E-state index contributed by atoms with van der Waals surface area (Å²) in [6, 6.07) is 7.42. The van der Waals surface area contributed by atoms with Crippen molar-refractivity contribution >= 4 is 40.3 Å². The van der Waals surface area contributed by atoms with E-state index in [9.17, 15) is 9.18 Å². The zero-order valence-corrected chi connectivity index (χ0v) is 31.1. The van der Waals surface area contributed by atoms with Crippen LogP contribution in [0.1, 0.15) is 67.7 Å². The molecule has 4 aliphatic rings. The summed E-state index contributed by atoms with van der Waals surface area (Å²) in [6.45, 7) is 9.54.